The number of carbonyl (C=O) groups is 1. The number of hydrogen-bond acceptors (Lipinski definition) is 10. The topological polar surface area (TPSA) is 183 Å². The van der Waals surface area contributed by atoms with Crippen molar-refractivity contribution in [1.29, 1.82) is 0 Å². The van der Waals surface area contributed by atoms with Gasteiger partial charge in [-0.25, -0.2) is 9.37 Å². The molecule has 2 aliphatic rings. The molecule has 0 saturated heterocycles. The van der Waals surface area contributed by atoms with E-state index in [0.717, 1.165) is 6.20 Å². The smallest absolute Gasteiger partial charge is 0.229 e. The van der Waals surface area contributed by atoms with Gasteiger partial charge in [-0.1, -0.05) is 6.07 Å². The quantitative estimate of drug-likeness (QED) is 0.309. The monoisotopic (exact) mass is 463 g/mol. The molecule has 1 amide bonds. The Balaban J connectivity index is 1.78. The highest BCUT2D eigenvalue weighted by Crippen LogP contribution is 2.43. The first-order valence-corrected chi connectivity index (χ1v) is 10.5. The fourth-order valence-electron chi connectivity index (χ4n) is 4.65. The average Bonchev–Trinajstić information content (AvgIpc) is 3.17. The van der Waals surface area contributed by atoms with E-state index in [1.165, 1.54) is 0 Å². The first-order chi connectivity index (χ1) is 15.8. The summed E-state index contributed by atoms with van der Waals surface area (Å²) < 4.78 is 20.2. The third-order valence-electron chi connectivity index (χ3n) is 6.25. The van der Waals surface area contributed by atoms with Crippen molar-refractivity contribution < 1.29 is 34.3 Å². The van der Waals surface area contributed by atoms with E-state index in [9.17, 15) is 29.6 Å². The molecule has 1 fully saturated rings. The second-order valence-corrected chi connectivity index (χ2v) is 8.32. The molecular formula is C21H26FN5O6. The fraction of sp³-hybridized carbons (Fsp3) is 0.476. The Kier molecular flexibility index (Phi) is 6.61. The Labute approximate surface area is 188 Å². The van der Waals surface area contributed by atoms with Crippen LogP contribution in [0.25, 0.3) is 0 Å². The van der Waals surface area contributed by atoms with E-state index in [2.05, 4.69) is 20.6 Å². The second-order valence-electron chi connectivity index (χ2n) is 8.32. The number of hydrogen-bond donors (Lipinski definition) is 7. The summed E-state index contributed by atoms with van der Waals surface area (Å²) in [6, 6.07) is 5.68. The molecule has 2 aromatic rings. The van der Waals surface area contributed by atoms with E-state index in [1.54, 1.807) is 24.3 Å². The van der Waals surface area contributed by atoms with Crippen molar-refractivity contribution in [1.82, 2.24) is 9.97 Å². The molecule has 2 heterocycles. The molecule has 1 aromatic carbocycles. The van der Waals surface area contributed by atoms with Crippen LogP contribution in [-0.4, -0.2) is 73.9 Å². The van der Waals surface area contributed by atoms with Crippen LogP contribution in [0.4, 0.5) is 21.8 Å². The number of halogens is 1. The van der Waals surface area contributed by atoms with Gasteiger partial charge < -0.3 is 41.5 Å². The molecule has 0 radical (unpaired) electrons. The number of carbonyl (C=O) groups excluding carboxylic acids is 1. The Morgan fingerprint density at radius 2 is 2.15 bits per heavy atom. The molecule has 1 saturated carbocycles. The lowest BCUT2D eigenvalue weighted by Crippen LogP contribution is -2.47. The summed E-state index contributed by atoms with van der Waals surface area (Å²) in [5, 5.41) is 47.1. The largest absolute Gasteiger partial charge is 0.491 e. The summed E-state index contributed by atoms with van der Waals surface area (Å²) in [5.41, 5.74) is 6.15. The first kappa shape index (κ1) is 23.1. The van der Waals surface area contributed by atoms with E-state index in [1.807, 2.05) is 0 Å². The highest BCUT2D eigenvalue weighted by molar-refractivity contribution is 5.79. The number of fused-ring (bicyclic) bond motifs is 5. The Hall–Kier alpha value is -3.06. The molecular weight excluding hydrogens is 437 g/mol. The van der Waals surface area contributed by atoms with E-state index in [4.69, 9.17) is 10.5 Å². The zero-order chi connectivity index (χ0) is 23.7. The molecule has 8 N–H and O–H groups in total. The van der Waals surface area contributed by atoms with E-state index in [0.29, 0.717) is 11.4 Å². The maximum Gasteiger partial charge on any atom is 0.229 e. The number of amides is 1. The van der Waals surface area contributed by atoms with E-state index in [-0.39, 0.29) is 24.8 Å². The lowest BCUT2D eigenvalue weighted by Gasteiger charge is -2.31. The Bertz CT molecular complexity index is 1010. The van der Waals surface area contributed by atoms with Crippen LogP contribution in [0.1, 0.15) is 6.42 Å². The number of rotatable bonds is 3. The van der Waals surface area contributed by atoms with Crippen molar-refractivity contribution in [3.8, 4) is 5.75 Å². The predicted molar refractivity (Wildman–Crippen MR) is 114 cm³/mol. The minimum absolute atomic E-state index is 0.0263. The van der Waals surface area contributed by atoms with Crippen LogP contribution in [-0.2, 0) is 4.79 Å². The predicted octanol–water partition coefficient (Wildman–Crippen LogP) is -0.655. The van der Waals surface area contributed by atoms with Gasteiger partial charge in [0.05, 0.1) is 30.9 Å². The molecule has 1 aliphatic heterocycles. The molecule has 178 valence electrons. The van der Waals surface area contributed by atoms with Crippen LogP contribution in [0.2, 0.25) is 0 Å². The Morgan fingerprint density at radius 1 is 1.36 bits per heavy atom. The maximum atomic E-state index is 14.6. The fourth-order valence-corrected chi connectivity index (χ4v) is 4.65. The van der Waals surface area contributed by atoms with Crippen LogP contribution in [0.3, 0.4) is 0 Å². The first-order valence-electron chi connectivity index (χ1n) is 10.5. The number of aliphatic hydroxyl groups excluding tert-OH is 4. The number of anilines is 3. The molecule has 11 nitrogen and oxygen atoms in total. The van der Waals surface area contributed by atoms with Gasteiger partial charge in [0.25, 0.3) is 0 Å². The van der Waals surface area contributed by atoms with Gasteiger partial charge in [0.2, 0.25) is 11.9 Å². The van der Waals surface area contributed by atoms with Gasteiger partial charge in [-0.2, -0.15) is 4.98 Å². The van der Waals surface area contributed by atoms with Crippen LogP contribution < -0.4 is 21.1 Å². The van der Waals surface area contributed by atoms with Crippen molar-refractivity contribution >= 4 is 23.4 Å². The van der Waals surface area contributed by atoms with Crippen molar-refractivity contribution in [2.75, 3.05) is 23.8 Å². The highest BCUT2D eigenvalue weighted by atomic mass is 19.1. The van der Waals surface area contributed by atoms with Gasteiger partial charge in [-0.15, -0.1) is 0 Å². The third-order valence-corrected chi connectivity index (χ3v) is 6.25. The van der Waals surface area contributed by atoms with Gasteiger partial charge in [0, 0.05) is 29.6 Å². The molecule has 4 rings (SSSR count). The van der Waals surface area contributed by atoms with Crippen molar-refractivity contribution in [3.63, 3.8) is 0 Å². The highest BCUT2D eigenvalue weighted by Gasteiger charge is 2.52. The summed E-state index contributed by atoms with van der Waals surface area (Å²) in [7, 11) is 0. The minimum Gasteiger partial charge on any atom is -0.491 e. The molecule has 7 atom stereocenters. The summed E-state index contributed by atoms with van der Waals surface area (Å²) in [4.78, 5) is 20.4. The van der Waals surface area contributed by atoms with Crippen LogP contribution >= 0.6 is 0 Å². The number of nitrogens with zero attached hydrogens (tertiary/aromatic N) is 2. The number of benzene rings is 1. The second kappa shape index (κ2) is 9.43. The number of nitrogens with one attached hydrogen (secondary N) is 2. The number of ether oxygens (including phenoxy) is 1. The minimum atomic E-state index is -1.42. The van der Waals surface area contributed by atoms with Crippen molar-refractivity contribution in [2.24, 2.45) is 23.5 Å². The number of primary amides is 1. The molecule has 4 bridgehead atoms. The summed E-state index contributed by atoms with van der Waals surface area (Å²) in [6.07, 6.45) is -3.14. The summed E-state index contributed by atoms with van der Waals surface area (Å²) in [6.45, 7) is -0.903. The maximum absolute atomic E-state index is 14.6. The molecule has 0 spiro atoms. The van der Waals surface area contributed by atoms with Crippen molar-refractivity contribution in [3.05, 3.63) is 36.3 Å². The molecule has 33 heavy (non-hydrogen) atoms. The van der Waals surface area contributed by atoms with E-state index < -0.39 is 60.4 Å². The molecule has 12 heteroatoms. The normalized spacial score (nSPS) is 30.1. The SMILES string of the molecule is NC(=O)[C@H]1C([C@@H](O)CO)CC2C(O)[C@H](O)COc3cccc(c3)Nc3ncc(F)c(n3)N[C@H]21. The zero-order valence-electron chi connectivity index (χ0n) is 17.5. The number of nitrogens with two attached hydrogens (primary N) is 1. The number of aliphatic hydroxyl groups is 4. The van der Waals surface area contributed by atoms with Gasteiger partial charge in [0.15, 0.2) is 11.6 Å². The Morgan fingerprint density at radius 3 is 2.88 bits per heavy atom. The van der Waals surface area contributed by atoms with E-state index >= 15 is 0 Å². The lowest BCUT2D eigenvalue weighted by atomic mass is 9.87. The van der Waals surface area contributed by atoms with Crippen LogP contribution in [0.5, 0.6) is 5.75 Å². The van der Waals surface area contributed by atoms with Gasteiger partial charge in [0.1, 0.15) is 18.5 Å². The molecule has 3 unspecified atom stereocenters. The average molecular weight is 463 g/mol. The van der Waals surface area contributed by atoms with Gasteiger partial charge in [-0.3, -0.25) is 4.79 Å². The third kappa shape index (κ3) is 4.69. The standard InChI is InChI=1S/C21H26FN5O6/c22-13-6-24-21-25-9-2-1-3-10(4-9)33-8-15(30)18(31)12-5-11(14(29)7-28)16(19(23)32)17(12)26-20(13)27-21/h1-4,6,11-12,14-18,28-31H,5,7-8H2,(H2,23,32)(H2,24,25,26,27)/t11?,12?,14-,15+,16-,17+,18?/m0/s1. The van der Waals surface area contributed by atoms with Gasteiger partial charge in [-0.05, 0) is 18.6 Å². The van der Waals surface area contributed by atoms with Crippen LogP contribution in [0.15, 0.2) is 30.5 Å². The summed E-state index contributed by atoms with van der Waals surface area (Å²) >= 11 is 0. The van der Waals surface area contributed by atoms with Crippen LogP contribution in [0, 0.1) is 23.6 Å². The zero-order valence-corrected chi connectivity index (χ0v) is 17.5. The molecule has 1 aliphatic carbocycles. The lowest BCUT2D eigenvalue weighted by molar-refractivity contribution is -0.125. The van der Waals surface area contributed by atoms with Crippen molar-refractivity contribution in [2.45, 2.75) is 30.8 Å². The number of aromatic nitrogens is 2. The summed E-state index contributed by atoms with van der Waals surface area (Å²) in [5.74, 6) is -4.20. The van der Waals surface area contributed by atoms with Gasteiger partial charge >= 0.3 is 0 Å². The molecule has 1 aromatic heterocycles.